The predicted octanol–water partition coefficient (Wildman–Crippen LogP) is 3.89. The third-order valence-electron chi connectivity index (χ3n) is 3.06. The summed E-state index contributed by atoms with van der Waals surface area (Å²) in [5, 5.41) is 2.46. The van der Waals surface area contributed by atoms with Crippen LogP contribution in [0.4, 0.5) is 19.2 Å². The summed E-state index contributed by atoms with van der Waals surface area (Å²) in [6.45, 7) is 0. The number of hydrogen-bond donors (Lipinski definition) is 1. The van der Waals surface area contributed by atoms with Crippen LogP contribution in [0, 0.1) is 0 Å². The quantitative estimate of drug-likeness (QED) is 0.773. The third kappa shape index (κ3) is 4.34. The van der Waals surface area contributed by atoms with E-state index in [1.807, 2.05) is 0 Å². The van der Waals surface area contributed by atoms with Crippen LogP contribution < -0.4 is 10.1 Å². The standard InChI is InChI=1S/C16H10F3N3O3/c17-16(18,19)25-12-3-1-10(2-4-12)13-9-11(5-6-20-13)14(23)22-15-21-7-8-24-15/h1-9H,(H,21,22,23). The number of hydrogen-bond acceptors (Lipinski definition) is 5. The molecule has 2 aromatic heterocycles. The topological polar surface area (TPSA) is 77.3 Å². The van der Waals surface area contributed by atoms with E-state index in [4.69, 9.17) is 4.42 Å². The van der Waals surface area contributed by atoms with Crippen LogP contribution in [0.25, 0.3) is 11.3 Å². The number of amides is 1. The molecule has 128 valence electrons. The van der Waals surface area contributed by atoms with Gasteiger partial charge in [0, 0.05) is 17.3 Å². The van der Waals surface area contributed by atoms with E-state index >= 15 is 0 Å². The highest BCUT2D eigenvalue weighted by atomic mass is 19.4. The van der Waals surface area contributed by atoms with E-state index in [-0.39, 0.29) is 11.8 Å². The minimum Gasteiger partial charge on any atom is -0.432 e. The molecule has 0 saturated carbocycles. The van der Waals surface area contributed by atoms with Crippen molar-refractivity contribution in [3.05, 3.63) is 60.6 Å². The molecule has 3 rings (SSSR count). The highest BCUT2D eigenvalue weighted by Crippen LogP contribution is 2.26. The second kappa shape index (κ2) is 6.63. The molecule has 0 aliphatic heterocycles. The Morgan fingerprint density at radius 3 is 2.48 bits per heavy atom. The van der Waals surface area contributed by atoms with Crippen molar-refractivity contribution in [2.24, 2.45) is 0 Å². The molecule has 2 heterocycles. The lowest BCUT2D eigenvalue weighted by Gasteiger charge is -2.09. The molecule has 1 aromatic carbocycles. The van der Waals surface area contributed by atoms with Gasteiger partial charge in [0.1, 0.15) is 12.0 Å². The first-order valence-electron chi connectivity index (χ1n) is 6.94. The molecule has 0 radical (unpaired) electrons. The Hall–Kier alpha value is -3.36. The SMILES string of the molecule is O=C(Nc1ncco1)c1ccnc(-c2ccc(OC(F)(F)F)cc2)c1. The molecule has 6 nitrogen and oxygen atoms in total. The van der Waals surface area contributed by atoms with Crippen LogP contribution >= 0.6 is 0 Å². The van der Waals surface area contributed by atoms with Crippen LogP contribution in [-0.4, -0.2) is 22.2 Å². The summed E-state index contributed by atoms with van der Waals surface area (Å²) in [7, 11) is 0. The number of carbonyl (C=O) groups is 1. The van der Waals surface area contributed by atoms with Crippen LogP contribution in [-0.2, 0) is 0 Å². The molecule has 0 aliphatic carbocycles. The van der Waals surface area contributed by atoms with Gasteiger partial charge in [-0.15, -0.1) is 13.2 Å². The highest BCUT2D eigenvalue weighted by molar-refractivity contribution is 6.03. The smallest absolute Gasteiger partial charge is 0.432 e. The van der Waals surface area contributed by atoms with E-state index in [0.29, 0.717) is 16.8 Å². The molecule has 0 fully saturated rings. The van der Waals surface area contributed by atoms with Crippen LogP contribution in [0.5, 0.6) is 5.75 Å². The van der Waals surface area contributed by atoms with Gasteiger partial charge < -0.3 is 9.15 Å². The van der Waals surface area contributed by atoms with Gasteiger partial charge in [-0.2, -0.15) is 0 Å². The van der Waals surface area contributed by atoms with E-state index in [0.717, 1.165) is 0 Å². The van der Waals surface area contributed by atoms with E-state index in [1.54, 1.807) is 0 Å². The zero-order valence-corrected chi connectivity index (χ0v) is 12.4. The Balaban J connectivity index is 1.78. The van der Waals surface area contributed by atoms with Gasteiger partial charge in [0.25, 0.3) is 5.91 Å². The molecule has 0 bridgehead atoms. The number of alkyl halides is 3. The number of oxazole rings is 1. The van der Waals surface area contributed by atoms with Crippen molar-refractivity contribution in [3.8, 4) is 17.0 Å². The Bertz CT molecular complexity index is 862. The maximum absolute atomic E-state index is 12.2. The molecule has 25 heavy (non-hydrogen) atoms. The van der Waals surface area contributed by atoms with Crippen molar-refractivity contribution < 1.29 is 27.1 Å². The molecule has 0 spiro atoms. The fourth-order valence-electron chi connectivity index (χ4n) is 2.01. The summed E-state index contributed by atoms with van der Waals surface area (Å²) in [5.74, 6) is -0.794. The third-order valence-corrected chi connectivity index (χ3v) is 3.06. The van der Waals surface area contributed by atoms with E-state index in [9.17, 15) is 18.0 Å². The number of rotatable bonds is 4. The first-order chi connectivity index (χ1) is 11.9. The lowest BCUT2D eigenvalue weighted by molar-refractivity contribution is -0.274. The maximum atomic E-state index is 12.2. The summed E-state index contributed by atoms with van der Waals surface area (Å²) in [6, 6.07) is 8.21. The fourth-order valence-corrected chi connectivity index (χ4v) is 2.01. The average Bonchev–Trinajstić information content (AvgIpc) is 3.07. The summed E-state index contributed by atoms with van der Waals surface area (Å²) >= 11 is 0. The molecule has 0 atom stereocenters. The summed E-state index contributed by atoms with van der Waals surface area (Å²) < 4.78 is 45.3. The van der Waals surface area contributed by atoms with Crippen LogP contribution in [0.2, 0.25) is 0 Å². The molecule has 9 heteroatoms. The normalized spacial score (nSPS) is 11.2. The largest absolute Gasteiger partial charge is 0.573 e. The van der Waals surface area contributed by atoms with Crippen molar-refractivity contribution in [1.82, 2.24) is 9.97 Å². The molecule has 0 saturated heterocycles. The molecular formula is C16H10F3N3O3. The predicted molar refractivity (Wildman–Crippen MR) is 80.8 cm³/mol. The Morgan fingerprint density at radius 1 is 1.08 bits per heavy atom. The Kier molecular flexibility index (Phi) is 4.38. The number of benzene rings is 1. The average molecular weight is 349 g/mol. The molecule has 1 amide bonds. The van der Waals surface area contributed by atoms with Crippen LogP contribution in [0.3, 0.4) is 0 Å². The lowest BCUT2D eigenvalue weighted by atomic mass is 10.1. The van der Waals surface area contributed by atoms with E-state index < -0.39 is 12.3 Å². The summed E-state index contributed by atoms with van der Waals surface area (Å²) in [4.78, 5) is 20.0. The second-order valence-corrected chi connectivity index (χ2v) is 4.79. The summed E-state index contributed by atoms with van der Waals surface area (Å²) in [5.41, 5.74) is 1.23. The van der Waals surface area contributed by atoms with Crippen LogP contribution in [0.1, 0.15) is 10.4 Å². The first kappa shape index (κ1) is 16.5. The molecule has 1 N–H and O–H groups in total. The molecule has 3 aromatic rings. The van der Waals surface area contributed by atoms with Gasteiger partial charge in [0.2, 0.25) is 0 Å². The lowest BCUT2D eigenvalue weighted by Crippen LogP contribution is -2.16. The van der Waals surface area contributed by atoms with E-state index in [2.05, 4.69) is 20.0 Å². The minimum atomic E-state index is -4.75. The maximum Gasteiger partial charge on any atom is 0.573 e. The van der Waals surface area contributed by atoms with Crippen molar-refractivity contribution in [2.75, 3.05) is 5.32 Å². The number of nitrogens with one attached hydrogen (secondary N) is 1. The van der Waals surface area contributed by atoms with Gasteiger partial charge in [-0.1, -0.05) is 0 Å². The number of anilines is 1. The van der Waals surface area contributed by atoms with Gasteiger partial charge in [-0.25, -0.2) is 4.98 Å². The Morgan fingerprint density at radius 2 is 1.84 bits per heavy atom. The second-order valence-electron chi connectivity index (χ2n) is 4.79. The fraction of sp³-hybridized carbons (Fsp3) is 0.0625. The van der Waals surface area contributed by atoms with Crippen molar-refractivity contribution in [2.45, 2.75) is 6.36 Å². The zero-order chi connectivity index (χ0) is 17.9. The number of pyridine rings is 1. The Labute approximate surface area is 139 Å². The minimum absolute atomic E-state index is 0.0528. The van der Waals surface area contributed by atoms with Gasteiger partial charge in [-0.3, -0.25) is 15.1 Å². The highest BCUT2D eigenvalue weighted by Gasteiger charge is 2.30. The number of nitrogens with zero attached hydrogens (tertiary/aromatic N) is 2. The van der Waals surface area contributed by atoms with E-state index in [1.165, 1.54) is 55.1 Å². The number of ether oxygens (including phenoxy) is 1. The monoisotopic (exact) mass is 349 g/mol. The first-order valence-corrected chi connectivity index (χ1v) is 6.94. The van der Waals surface area contributed by atoms with Gasteiger partial charge in [-0.05, 0) is 36.4 Å². The molecular weight excluding hydrogens is 339 g/mol. The summed E-state index contributed by atoms with van der Waals surface area (Å²) in [6.07, 6.45) is -0.631. The van der Waals surface area contributed by atoms with Crippen molar-refractivity contribution in [1.29, 1.82) is 0 Å². The van der Waals surface area contributed by atoms with Gasteiger partial charge in [0.05, 0.1) is 11.9 Å². The molecule has 0 aliphatic rings. The zero-order valence-electron chi connectivity index (χ0n) is 12.4. The van der Waals surface area contributed by atoms with Gasteiger partial charge in [0.15, 0.2) is 0 Å². The number of halogens is 3. The van der Waals surface area contributed by atoms with Gasteiger partial charge >= 0.3 is 12.4 Å². The number of carbonyl (C=O) groups excluding carboxylic acids is 1. The van der Waals surface area contributed by atoms with Crippen molar-refractivity contribution >= 4 is 11.9 Å². The number of aromatic nitrogens is 2. The van der Waals surface area contributed by atoms with Crippen LogP contribution in [0.15, 0.2) is 59.5 Å². The van der Waals surface area contributed by atoms with Crippen molar-refractivity contribution in [3.63, 3.8) is 0 Å². The molecule has 0 unspecified atom stereocenters.